The predicted molar refractivity (Wildman–Crippen MR) is 120 cm³/mol. The Hall–Kier alpha value is -3.50. The number of ether oxygens (including phenoxy) is 2. The fourth-order valence-electron chi connectivity index (χ4n) is 3.58. The number of aromatic nitrogens is 1. The second kappa shape index (κ2) is 9.03. The summed E-state index contributed by atoms with van der Waals surface area (Å²) in [5, 5.41) is 11.5. The molecule has 6 nitrogen and oxygen atoms in total. The average Bonchev–Trinajstić information content (AvgIpc) is 3.11. The molecule has 4 aromatic rings. The molecular weight excluding hydrogens is 471 g/mol. The van der Waals surface area contributed by atoms with E-state index < -0.39 is 28.1 Å². The molecule has 3 aromatic carbocycles. The van der Waals surface area contributed by atoms with Crippen molar-refractivity contribution in [2.75, 3.05) is 5.75 Å². The number of benzene rings is 3. The third kappa shape index (κ3) is 5.35. The van der Waals surface area contributed by atoms with Crippen LogP contribution in [0.3, 0.4) is 0 Å². The minimum atomic E-state index is -4.79. The summed E-state index contributed by atoms with van der Waals surface area (Å²) < 4.78 is 73.5. The molecule has 0 saturated carbocycles. The SMILES string of the molecule is Cn1c(C(O)CS(=O)(=O)c2ccc(Oc3ccc(OC(F)(F)F)cc3)cc2)cc2ccccc21. The van der Waals surface area contributed by atoms with Crippen molar-refractivity contribution in [1.82, 2.24) is 4.57 Å². The first-order valence-electron chi connectivity index (χ1n) is 10.1. The number of halogens is 3. The van der Waals surface area contributed by atoms with E-state index in [-0.39, 0.29) is 22.1 Å². The molecule has 1 atom stereocenters. The van der Waals surface area contributed by atoms with Crippen LogP contribution in [0, 0.1) is 0 Å². The standard InChI is InChI=1S/C24H20F3NO5S/c1-28-21-5-3-2-4-16(21)14-22(28)23(29)15-34(30,31)20-12-10-18(11-13-20)32-17-6-8-19(9-7-17)33-24(25,26)27/h2-14,23,29H,15H2,1H3. The highest BCUT2D eigenvalue weighted by molar-refractivity contribution is 7.91. The molecule has 0 spiro atoms. The van der Waals surface area contributed by atoms with E-state index in [4.69, 9.17) is 4.74 Å². The molecule has 178 valence electrons. The number of rotatable bonds is 7. The summed E-state index contributed by atoms with van der Waals surface area (Å²) >= 11 is 0. The van der Waals surface area contributed by atoms with Gasteiger partial charge in [0.05, 0.1) is 10.6 Å². The van der Waals surface area contributed by atoms with Crippen LogP contribution in [0.25, 0.3) is 10.9 Å². The topological polar surface area (TPSA) is 77.8 Å². The smallest absolute Gasteiger partial charge is 0.457 e. The second-order valence-electron chi connectivity index (χ2n) is 7.58. The number of aliphatic hydroxyl groups is 1. The molecule has 10 heteroatoms. The quantitative estimate of drug-likeness (QED) is 0.376. The third-order valence-corrected chi connectivity index (χ3v) is 6.93. The van der Waals surface area contributed by atoms with Crippen molar-refractivity contribution in [2.45, 2.75) is 17.4 Å². The van der Waals surface area contributed by atoms with Crippen molar-refractivity contribution in [3.05, 3.63) is 84.6 Å². The van der Waals surface area contributed by atoms with Gasteiger partial charge in [0.15, 0.2) is 9.84 Å². The van der Waals surface area contributed by atoms with Crippen molar-refractivity contribution in [3.8, 4) is 17.2 Å². The van der Waals surface area contributed by atoms with Gasteiger partial charge < -0.3 is 19.1 Å². The normalized spacial score (nSPS) is 13.1. The molecule has 1 N–H and O–H groups in total. The van der Waals surface area contributed by atoms with Gasteiger partial charge in [-0.25, -0.2) is 8.42 Å². The molecule has 0 aliphatic rings. The van der Waals surface area contributed by atoms with Gasteiger partial charge in [0.2, 0.25) is 0 Å². The highest BCUT2D eigenvalue weighted by atomic mass is 32.2. The fraction of sp³-hybridized carbons (Fsp3) is 0.167. The summed E-state index contributed by atoms with van der Waals surface area (Å²) in [4.78, 5) is 0.00610. The molecule has 0 bridgehead atoms. The van der Waals surface area contributed by atoms with Crippen LogP contribution in [0.5, 0.6) is 17.2 Å². The number of fused-ring (bicyclic) bond motifs is 1. The molecule has 34 heavy (non-hydrogen) atoms. The van der Waals surface area contributed by atoms with Crippen molar-refractivity contribution in [3.63, 3.8) is 0 Å². The zero-order chi connectivity index (χ0) is 24.5. The van der Waals surface area contributed by atoms with Crippen LogP contribution in [-0.4, -0.2) is 30.2 Å². The van der Waals surface area contributed by atoms with Gasteiger partial charge >= 0.3 is 6.36 Å². The van der Waals surface area contributed by atoms with Gasteiger partial charge in [0.25, 0.3) is 0 Å². The Bertz CT molecular complexity index is 1400. The molecule has 4 rings (SSSR count). The van der Waals surface area contributed by atoms with Crippen LogP contribution >= 0.6 is 0 Å². The molecule has 1 unspecified atom stereocenters. The number of aliphatic hydroxyl groups excluding tert-OH is 1. The number of para-hydroxylation sites is 1. The van der Waals surface area contributed by atoms with Crippen LogP contribution in [0.15, 0.2) is 83.8 Å². The van der Waals surface area contributed by atoms with Gasteiger partial charge in [0, 0.05) is 18.3 Å². The number of alkyl halides is 3. The van der Waals surface area contributed by atoms with E-state index in [0.29, 0.717) is 5.69 Å². The minimum Gasteiger partial charge on any atom is -0.457 e. The van der Waals surface area contributed by atoms with Gasteiger partial charge in [-0.3, -0.25) is 0 Å². The summed E-state index contributed by atoms with van der Waals surface area (Å²) in [6, 6.07) is 19.6. The zero-order valence-electron chi connectivity index (χ0n) is 17.9. The lowest BCUT2D eigenvalue weighted by Crippen LogP contribution is -2.17. The highest BCUT2D eigenvalue weighted by Crippen LogP contribution is 2.29. The van der Waals surface area contributed by atoms with Crippen LogP contribution < -0.4 is 9.47 Å². The average molecular weight is 491 g/mol. The predicted octanol–water partition coefficient (Wildman–Crippen LogP) is 5.38. The summed E-state index contributed by atoms with van der Waals surface area (Å²) in [6.45, 7) is 0. The van der Waals surface area contributed by atoms with Crippen molar-refractivity contribution in [2.24, 2.45) is 7.05 Å². The zero-order valence-corrected chi connectivity index (χ0v) is 18.7. The number of hydrogen-bond acceptors (Lipinski definition) is 5. The van der Waals surface area contributed by atoms with E-state index in [1.165, 1.54) is 36.4 Å². The van der Waals surface area contributed by atoms with Crippen LogP contribution in [0.4, 0.5) is 13.2 Å². The maximum absolute atomic E-state index is 12.8. The lowest BCUT2D eigenvalue weighted by molar-refractivity contribution is -0.274. The summed E-state index contributed by atoms with van der Waals surface area (Å²) in [5.41, 5.74) is 1.37. The molecule has 0 fully saturated rings. The Kier molecular flexibility index (Phi) is 6.28. The van der Waals surface area contributed by atoms with Gasteiger partial charge in [-0.1, -0.05) is 18.2 Å². The number of nitrogens with zero attached hydrogens (tertiary/aromatic N) is 1. The molecule has 0 saturated heterocycles. The first kappa shape index (κ1) is 23.7. The van der Waals surface area contributed by atoms with Crippen molar-refractivity contribution >= 4 is 20.7 Å². The Morgan fingerprint density at radius 2 is 1.47 bits per heavy atom. The second-order valence-corrected chi connectivity index (χ2v) is 9.61. The minimum absolute atomic E-state index is 0.00610. The summed E-state index contributed by atoms with van der Waals surface area (Å²) in [7, 11) is -2.05. The first-order valence-corrected chi connectivity index (χ1v) is 11.8. The lowest BCUT2D eigenvalue weighted by atomic mass is 10.2. The van der Waals surface area contributed by atoms with E-state index >= 15 is 0 Å². The number of hydrogen-bond donors (Lipinski definition) is 1. The van der Waals surface area contributed by atoms with Gasteiger partial charge in [-0.05, 0) is 66.0 Å². The van der Waals surface area contributed by atoms with Crippen molar-refractivity contribution in [1.29, 1.82) is 0 Å². The lowest BCUT2D eigenvalue weighted by Gasteiger charge is -2.13. The molecule has 0 amide bonds. The third-order valence-electron chi connectivity index (χ3n) is 5.18. The largest absolute Gasteiger partial charge is 0.573 e. The Morgan fingerprint density at radius 1 is 0.912 bits per heavy atom. The van der Waals surface area contributed by atoms with Gasteiger partial charge in [0.1, 0.15) is 23.4 Å². The molecular formula is C24H20F3NO5S. The van der Waals surface area contributed by atoms with Crippen LogP contribution in [0.1, 0.15) is 11.8 Å². The molecule has 0 radical (unpaired) electrons. The van der Waals surface area contributed by atoms with E-state index in [9.17, 15) is 26.7 Å². The van der Waals surface area contributed by atoms with E-state index in [0.717, 1.165) is 23.0 Å². The van der Waals surface area contributed by atoms with Gasteiger partial charge in [-0.2, -0.15) is 0 Å². The Morgan fingerprint density at radius 3 is 2.06 bits per heavy atom. The first-order chi connectivity index (χ1) is 16.0. The molecule has 1 aromatic heterocycles. The fourth-order valence-corrected chi connectivity index (χ4v) is 4.91. The van der Waals surface area contributed by atoms with E-state index in [2.05, 4.69) is 4.74 Å². The molecule has 0 aliphatic heterocycles. The van der Waals surface area contributed by atoms with Crippen LogP contribution in [0.2, 0.25) is 0 Å². The van der Waals surface area contributed by atoms with Crippen LogP contribution in [-0.2, 0) is 16.9 Å². The molecule has 1 heterocycles. The summed E-state index contributed by atoms with van der Waals surface area (Å²) in [5.74, 6) is -0.349. The maximum atomic E-state index is 12.8. The Labute approximate surface area is 193 Å². The van der Waals surface area contributed by atoms with Crippen molar-refractivity contribution < 1.29 is 36.2 Å². The Balaban J connectivity index is 1.44. The maximum Gasteiger partial charge on any atom is 0.573 e. The summed E-state index contributed by atoms with van der Waals surface area (Å²) in [6.07, 6.45) is -6.01. The molecule has 0 aliphatic carbocycles. The van der Waals surface area contributed by atoms with E-state index in [1.807, 2.05) is 24.3 Å². The highest BCUT2D eigenvalue weighted by Gasteiger charge is 2.31. The van der Waals surface area contributed by atoms with Gasteiger partial charge in [-0.15, -0.1) is 13.2 Å². The number of aryl methyl sites for hydroxylation is 1. The van der Waals surface area contributed by atoms with E-state index in [1.54, 1.807) is 17.7 Å². The number of sulfone groups is 1. The monoisotopic (exact) mass is 491 g/mol.